The van der Waals surface area contributed by atoms with E-state index in [2.05, 4.69) is 16.0 Å². The molecule has 0 saturated carbocycles. The second-order valence-corrected chi connectivity index (χ2v) is 7.79. The molecule has 154 valence electrons. The molecule has 3 aromatic carbocycles. The van der Waals surface area contributed by atoms with Gasteiger partial charge in [-0.3, -0.25) is 14.9 Å². The summed E-state index contributed by atoms with van der Waals surface area (Å²) < 4.78 is 5.99. The topological polar surface area (TPSA) is 100 Å². The number of benzene rings is 3. The summed E-state index contributed by atoms with van der Waals surface area (Å²) in [5.41, 5.74) is 1.27. The number of nitrogens with one attached hydrogen (secondary N) is 3. The molecule has 5 rings (SSSR count). The maximum atomic E-state index is 13.0. The summed E-state index contributed by atoms with van der Waals surface area (Å²) >= 11 is 0. The van der Waals surface area contributed by atoms with E-state index in [-0.39, 0.29) is 11.7 Å². The van der Waals surface area contributed by atoms with E-state index >= 15 is 0 Å². The summed E-state index contributed by atoms with van der Waals surface area (Å²) in [6.07, 6.45) is 0. The van der Waals surface area contributed by atoms with E-state index in [1.807, 2.05) is 43.3 Å². The standard InChI is InChI=1S/C24H19N3O4/c1-13-17-11-10-14-6-3-4-9-18(14)20(17)31-19(13)21(28)25-16-8-5-7-15(12-16)24(2)22(29)26-23(30)27-24/h3-12H,1-2H3,(H,25,28)(H2,26,27,29,30). The van der Waals surface area contributed by atoms with Gasteiger partial charge in [-0.15, -0.1) is 0 Å². The van der Waals surface area contributed by atoms with E-state index in [0.29, 0.717) is 16.8 Å². The average molecular weight is 413 g/mol. The molecular weight excluding hydrogens is 394 g/mol. The zero-order valence-electron chi connectivity index (χ0n) is 16.9. The van der Waals surface area contributed by atoms with Crippen LogP contribution in [0, 0.1) is 6.92 Å². The van der Waals surface area contributed by atoms with Crippen molar-refractivity contribution in [1.29, 1.82) is 0 Å². The SMILES string of the molecule is Cc1c(C(=O)Nc2cccc(C3(C)NC(=O)NC3=O)c2)oc2c1ccc1ccccc12. The van der Waals surface area contributed by atoms with Crippen LogP contribution in [-0.4, -0.2) is 17.8 Å². The summed E-state index contributed by atoms with van der Waals surface area (Å²) in [6, 6.07) is 18.1. The highest BCUT2D eigenvalue weighted by Crippen LogP contribution is 2.32. The average Bonchev–Trinajstić information content (AvgIpc) is 3.24. The summed E-state index contributed by atoms with van der Waals surface area (Å²) in [5, 5.41) is 10.6. The van der Waals surface area contributed by atoms with Crippen LogP contribution >= 0.6 is 0 Å². The number of anilines is 1. The van der Waals surface area contributed by atoms with Crippen LogP contribution in [-0.2, 0) is 10.3 Å². The number of furan rings is 1. The fourth-order valence-electron chi connectivity index (χ4n) is 4.01. The number of aryl methyl sites for hydroxylation is 1. The Morgan fingerprint density at radius 1 is 1.00 bits per heavy atom. The van der Waals surface area contributed by atoms with Gasteiger partial charge in [-0.25, -0.2) is 4.79 Å². The summed E-state index contributed by atoms with van der Waals surface area (Å²) in [7, 11) is 0. The van der Waals surface area contributed by atoms with Crippen LogP contribution in [0.3, 0.4) is 0 Å². The molecule has 0 aliphatic carbocycles. The molecule has 7 heteroatoms. The maximum Gasteiger partial charge on any atom is 0.322 e. The number of hydrogen-bond donors (Lipinski definition) is 3. The first kappa shape index (κ1) is 18.9. The molecule has 1 aliphatic heterocycles. The van der Waals surface area contributed by atoms with E-state index in [0.717, 1.165) is 21.7 Å². The number of carbonyl (C=O) groups is 3. The molecule has 4 aromatic rings. The third-order valence-corrected chi connectivity index (χ3v) is 5.78. The number of imide groups is 1. The van der Waals surface area contributed by atoms with Gasteiger partial charge in [0.2, 0.25) is 0 Å². The number of carbonyl (C=O) groups excluding carboxylic acids is 3. The van der Waals surface area contributed by atoms with Gasteiger partial charge in [0.1, 0.15) is 11.1 Å². The van der Waals surface area contributed by atoms with Gasteiger partial charge in [0.25, 0.3) is 11.8 Å². The molecule has 31 heavy (non-hydrogen) atoms. The largest absolute Gasteiger partial charge is 0.450 e. The lowest BCUT2D eigenvalue weighted by Gasteiger charge is -2.21. The van der Waals surface area contributed by atoms with Crippen molar-refractivity contribution in [2.24, 2.45) is 0 Å². The van der Waals surface area contributed by atoms with Crippen LogP contribution in [0.5, 0.6) is 0 Å². The molecule has 1 aromatic heterocycles. The van der Waals surface area contributed by atoms with Crippen LogP contribution in [0.1, 0.15) is 28.6 Å². The lowest BCUT2D eigenvalue weighted by molar-refractivity contribution is -0.123. The third kappa shape index (κ3) is 2.93. The molecule has 1 aliphatic rings. The molecule has 2 heterocycles. The van der Waals surface area contributed by atoms with Gasteiger partial charge in [-0.2, -0.15) is 0 Å². The van der Waals surface area contributed by atoms with E-state index in [1.165, 1.54) is 0 Å². The second kappa shape index (κ2) is 6.70. The molecule has 1 atom stereocenters. The molecule has 1 saturated heterocycles. The van der Waals surface area contributed by atoms with Crippen molar-refractivity contribution in [3.63, 3.8) is 0 Å². The van der Waals surface area contributed by atoms with Gasteiger partial charge in [-0.1, -0.05) is 48.5 Å². The minimum atomic E-state index is -1.20. The zero-order chi connectivity index (χ0) is 21.8. The molecule has 3 N–H and O–H groups in total. The number of rotatable bonds is 3. The van der Waals surface area contributed by atoms with Crippen LogP contribution in [0.4, 0.5) is 10.5 Å². The fourth-order valence-corrected chi connectivity index (χ4v) is 4.01. The highest BCUT2D eigenvalue weighted by molar-refractivity contribution is 6.11. The molecule has 7 nitrogen and oxygen atoms in total. The molecule has 4 amide bonds. The second-order valence-electron chi connectivity index (χ2n) is 7.79. The minimum absolute atomic E-state index is 0.231. The number of amides is 4. The van der Waals surface area contributed by atoms with Crippen LogP contribution in [0.15, 0.2) is 65.1 Å². The van der Waals surface area contributed by atoms with Gasteiger partial charge >= 0.3 is 6.03 Å². The van der Waals surface area contributed by atoms with Crippen LogP contribution < -0.4 is 16.0 Å². The first-order valence-corrected chi connectivity index (χ1v) is 9.83. The normalized spacial score (nSPS) is 18.3. The van der Waals surface area contributed by atoms with Gasteiger partial charge in [0.05, 0.1) is 0 Å². The summed E-state index contributed by atoms with van der Waals surface area (Å²) in [5.74, 6) is -0.601. The highest BCUT2D eigenvalue weighted by Gasteiger charge is 2.43. The zero-order valence-corrected chi connectivity index (χ0v) is 16.9. The lowest BCUT2D eigenvalue weighted by Crippen LogP contribution is -2.40. The Kier molecular flexibility index (Phi) is 4.08. The monoisotopic (exact) mass is 413 g/mol. The van der Waals surface area contributed by atoms with E-state index < -0.39 is 17.5 Å². The van der Waals surface area contributed by atoms with Crippen molar-refractivity contribution in [1.82, 2.24) is 10.6 Å². The lowest BCUT2D eigenvalue weighted by atomic mass is 9.92. The number of hydrogen-bond acceptors (Lipinski definition) is 4. The fraction of sp³-hybridized carbons (Fsp3) is 0.125. The predicted octanol–water partition coefficient (Wildman–Crippen LogP) is 4.20. The third-order valence-electron chi connectivity index (χ3n) is 5.78. The van der Waals surface area contributed by atoms with Gasteiger partial charge in [0, 0.05) is 22.0 Å². The Hall–Kier alpha value is -4.13. The number of fused-ring (bicyclic) bond motifs is 3. The van der Waals surface area contributed by atoms with Crippen LogP contribution in [0.25, 0.3) is 21.7 Å². The molecule has 0 bridgehead atoms. The van der Waals surface area contributed by atoms with E-state index in [1.54, 1.807) is 31.2 Å². The smallest absolute Gasteiger partial charge is 0.322 e. The van der Waals surface area contributed by atoms with Gasteiger partial charge in [-0.05, 0) is 36.9 Å². The Balaban J connectivity index is 1.49. The van der Waals surface area contributed by atoms with Crippen molar-refractivity contribution < 1.29 is 18.8 Å². The Morgan fingerprint density at radius 2 is 1.81 bits per heavy atom. The number of urea groups is 1. The van der Waals surface area contributed by atoms with Crippen molar-refractivity contribution >= 4 is 45.3 Å². The highest BCUT2D eigenvalue weighted by atomic mass is 16.3. The van der Waals surface area contributed by atoms with Gasteiger partial charge in [0.15, 0.2) is 5.76 Å². The van der Waals surface area contributed by atoms with Gasteiger partial charge < -0.3 is 15.1 Å². The Labute approximate surface area is 177 Å². The predicted molar refractivity (Wildman–Crippen MR) is 117 cm³/mol. The van der Waals surface area contributed by atoms with E-state index in [4.69, 9.17) is 4.42 Å². The molecule has 1 fully saturated rings. The first-order chi connectivity index (χ1) is 14.9. The van der Waals surface area contributed by atoms with Crippen molar-refractivity contribution in [3.05, 3.63) is 77.6 Å². The quantitative estimate of drug-likeness (QED) is 0.438. The van der Waals surface area contributed by atoms with Crippen molar-refractivity contribution in [2.75, 3.05) is 5.32 Å². The Morgan fingerprint density at radius 3 is 2.58 bits per heavy atom. The first-order valence-electron chi connectivity index (χ1n) is 9.83. The summed E-state index contributed by atoms with van der Waals surface area (Å²) in [6.45, 7) is 3.47. The van der Waals surface area contributed by atoms with Crippen LogP contribution in [0.2, 0.25) is 0 Å². The van der Waals surface area contributed by atoms with Crippen molar-refractivity contribution in [3.8, 4) is 0 Å². The van der Waals surface area contributed by atoms with E-state index in [9.17, 15) is 14.4 Å². The molecule has 1 unspecified atom stereocenters. The Bertz CT molecular complexity index is 1400. The van der Waals surface area contributed by atoms with Crippen molar-refractivity contribution in [2.45, 2.75) is 19.4 Å². The minimum Gasteiger partial charge on any atom is -0.450 e. The molecule has 0 radical (unpaired) electrons. The molecule has 0 spiro atoms. The summed E-state index contributed by atoms with van der Waals surface area (Å²) in [4.78, 5) is 36.8. The molecular formula is C24H19N3O4. The maximum absolute atomic E-state index is 13.0.